The molecule has 1 fully saturated rings. The third-order valence-electron chi connectivity index (χ3n) is 7.04. The first kappa shape index (κ1) is 26.4. The van der Waals surface area contributed by atoms with E-state index in [1.165, 1.54) is 34.6 Å². The van der Waals surface area contributed by atoms with Gasteiger partial charge in [-0.25, -0.2) is 4.39 Å². The lowest BCUT2D eigenvalue weighted by Gasteiger charge is -2.37. The molecule has 0 radical (unpaired) electrons. The Bertz CT molecular complexity index is 1360. The zero-order valence-electron chi connectivity index (χ0n) is 21.4. The Morgan fingerprint density at radius 1 is 1.05 bits per heavy atom. The molecule has 38 heavy (non-hydrogen) atoms. The molecule has 2 aliphatic heterocycles. The predicted molar refractivity (Wildman–Crippen MR) is 154 cm³/mol. The summed E-state index contributed by atoms with van der Waals surface area (Å²) >= 11 is 7.54. The molecule has 0 aromatic heterocycles. The van der Waals surface area contributed by atoms with Gasteiger partial charge in [0.1, 0.15) is 11.9 Å². The second-order valence-electron chi connectivity index (χ2n) is 9.73. The van der Waals surface area contributed by atoms with Crippen LogP contribution in [0.2, 0.25) is 5.02 Å². The number of aryl methyl sites for hydroxylation is 2. The highest BCUT2D eigenvalue weighted by Gasteiger charge is 2.28. The van der Waals surface area contributed by atoms with E-state index in [4.69, 9.17) is 11.6 Å². The number of piperazine rings is 1. The molecular formula is C29H30ClFN4O2S. The monoisotopic (exact) mass is 552 g/mol. The first-order valence-electron chi connectivity index (χ1n) is 12.6. The van der Waals surface area contributed by atoms with Gasteiger partial charge in [-0.3, -0.25) is 9.59 Å². The fraction of sp³-hybridized carbons (Fsp3) is 0.310. The number of carbonyl (C=O) groups excluding carboxylic acids is 2. The summed E-state index contributed by atoms with van der Waals surface area (Å²) in [5.74, 6) is 0.244. The molecule has 0 spiro atoms. The highest BCUT2D eigenvalue weighted by atomic mass is 35.5. The van der Waals surface area contributed by atoms with Crippen molar-refractivity contribution in [2.24, 2.45) is 0 Å². The summed E-state index contributed by atoms with van der Waals surface area (Å²) in [7, 11) is 0. The van der Waals surface area contributed by atoms with Crippen LogP contribution in [0.5, 0.6) is 0 Å². The van der Waals surface area contributed by atoms with Gasteiger partial charge in [0.25, 0.3) is 5.91 Å². The first-order valence-corrected chi connectivity index (χ1v) is 14.2. The van der Waals surface area contributed by atoms with E-state index in [0.717, 1.165) is 18.8 Å². The second-order valence-corrected chi connectivity index (χ2v) is 11.2. The predicted octanol–water partition coefficient (Wildman–Crippen LogP) is 5.72. The van der Waals surface area contributed by atoms with Crippen LogP contribution >= 0.6 is 23.4 Å². The average Bonchev–Trinajstić information content (AvgIpc) is 2.91. The Morgan fingerprint density at radius 2 is 1.84 bits per heavy atom. The number of nitrogens with zero attached hydrogens (tertiary/aromatic N) is 2. The van der Waals surface area contributed by atoms with Gasteiger partial charge < -0.3 is 20.4 Å². The van der Waals surface area contributed by atoms with Crippen molar-refractivity contribution in [2.45, 2.75) is 25.6 Å². The van der Waals surface area contributed by atoms with Crippen LogP contribution in [0, 0.1) is 19.7 Å². The fourth-order valence-electron chi connectivity index (χ4n) is 4.84. The van der Waals surface area contributed by atoms with Crippen LogP contribution < -0.4 is 15.5 Å². The van der Waals surface area contributed by atoms with Crippen molar-refractivity contribution < 1.29 is 14.0 Å². The van der Waals surface area contributed by atoms with Crippen LogP contribution in [0.25, 0.3) is 0 Å². The van der Waals surface area contributed by atoms with E-state index in [0.29, 0.717) is 46.4 Å². The van der Waals surface area contributed by atoms with Crippen LogP contribution in [-0.4, -0.2) is 54.7 Å². The number of benzene rings is 3. The smallest absolute Gasteiger partial charge is 0.254 e. The molecule has 0 saturated carbocycles. The Morgan fingerprint density at radius 3 is 2.61 bits per heavy atom. The number of hydrogen-bond acceptors (Lipinski definition) is 5. The molecule has 1 saturated heterocycles. The van der Waals surface area contributed by atoms with Crippen molar-refractivity contribution in [3.63, 3.8) is 0 Å². The summed E-state index contributed by atoms with van der Waals surface area (Å²) in [5.41, 5.74) is 6.03. The van der Waals surface area contributed by atoms with Gasteiger partial charge in [-0.05, 0) is 61.4 Å². The SMILES string of the molecule is Cc1ccc(C)c(N2CCN(C(=O)c3ccc4c(c3)NC(=O)C(CSCc3c(F)cccc3Cl)N4)CC2)c1. The summed E-state index contributed by atoms with van der Waals surface area (Å²) < 4.78 is 14.0. The third-order valence-corrected chi connectivity index (χ3v) is 8.45. The number of halogens is 2. The quantitative estimate of drug-likeness (QED) is 0.409. The number of hydrogen-bond donors (Lipinski definition) is 2. The molecule has 198 valence electrons. The van der Waals surface area contributed by atoms with Crippen LogP contribution in [0.1, 0.15) is 27.0 Å². The molecule has 0 aliphatic carbocycles. The molecule has 2 aliphatic rings. The summed E-state index contributed by atoms with van der Waals surface area (Å²) in [6.07, 6.45) is 0. The van der Waals surface area contributed by atoms with Crippen molar-refractivity contribution in [2.75, 3.05) is 47.5 Å². The van der Waals surface area contributed by atoms with E-state index in [1.807, 2.05) is 11.0 Å². The van der Waals surface area contributed by atoms with Crippen LogP contribution in [0.4, 0.5) is 21.5 Å². The van der Waals surface area contributed by atoms with E-state index in [9.17, 15) is 14.0 Å². The lowest BCUT2D eigenvalue weighted by molar-refractivity contribution is -0.116. The minimum Gasteiger partial charge on any atom is -0.371 e. The lowest BCUT2D eigenvalue weighted by Crippen LogP contribution is -2.49. The highest BCUT2D eigenvalue weighted by Crippen LogP contribution is 2.31. The van der Waals surface area contributed by atoms with Crippen LogP contribution in [-0.2, 0) is 10.5 Å². The summed E-state index contributed by atoms with van der Waals surface area (Å²) in [5, 5.41) is 6.56. The maximum atomic E-state index is 14.0. The molecule has 0 bridgehead atoms. The Kier molecular flexibility index (Phi) is 7.81. The molecule has 1 unspecified atom stereocenters. The minimum atomic E-state index is -0.474. The standard InChI is InChI=1S/C29H30ClFN4O2S/c1-18-6-7-19(2)27(14-18)34-10-12-35(13-11-34)29(37)20-8-9-24-25(15-20)33-28(36)26(32-24)17-38-16-21-22(30)4-3-5-23(21)31/h3-9,14-15,26,32H,10-13,16-17H2,1-2H3,(H,33,36). The molecule has 9 heteroatoms. The largest absolute Gasteiger partial charge is 0.371 e. The van der Waals surface area contributed by atoms with Gasteiger partial charge in [-0.15, -0.1) is 0 Å². The van der Waals surface area contributed by atoms with Gasteiger partial charge in [-0.1, -0.05) is 29.8 Å². The van der Waals surface area contributed by atoms with Gasteiger partial charge in [0, 0.05) is 59.5 Å². The zero-order chi connectivity index (χ0) is 26.8. The van der Waals surface area contributed by atoms with Crippen molar-refractivity contribution in [1.29, 1.82) is 0 Å². The van der Waals surface area contributed by atoms with Crippen molar-refractivity contribution >= 4 is 52.2 Å². The summed E-state index contributed by atoms with van der Waals surface area (Å²) in [4.78, 5) is 30.2. The number of carbonyl (C=O) groups is 2. The maximum absolute atomic E-state index is 14.0. The lowest BCUT2D eigenvalue weighted by atomic mass is 10.1. The third kappa shape index (κ3) is 5.61. The van der Waals surface area contributed by atoms with Gasteiger partial charge in [0.2, 0.25) is 5.91 Å². The van der Waals surface area contributed by atoms with Crippen LogP contribution in [0.3, 0.4) is 0 Å². The van der Waals surface area contributed by atoms with Gasteiger partial charge in [0.05, 0.1) is 11.4 Å². The molecule has 6 nitrogen and oxygen atoms in total. The molecule has 1 atom stereocenters. The van der Waals surface area contributed by atoms with E-state index >= 15 is 0 Å². The Balaban J connectivity index is 1.18. The number of nitrogens with one attached hydrogen (secondary N) is 2. The molecule has 5 rings (SSSR count). The van der Waals surface area contributed by atoms with Crippen molar-refractivity contribution in [3.05, 3.63) is 87.7 Å². The van der Waals surface area contributed by atoms with Crippen LogP contribution in [0.15, 0.2) is 54.6 Å². The van der Waals surface area contributed by atoms with E-state index in [2.05, 4.69) is 47.6 Å². The number of rotatable bonds is 6. The first-order chi connectivity index (χ1) is 18.3. The normalized spacial score (nSPS) is 17.1. The van der Waals surface area contributed by atoms with Crippen molar-refractivity contribution in [1.82, 2.24) is 4.90 Å². The van der Waals surface area contributed by atoms with Gasteiger partial charge >= 0.3 is 0 Å². The molecule has 2 N–H and O–H groups in total. The molecule has 3 aromatic carbocycles. The molecular weight excluding hydrogens is 523 g/mol. The number of fused-ring (bicyclic) bond motifs is 1. The summed E-state index contributed by atoms with van der Waals surface area (Å²) in [6, 6.07) is 16.0. The molecule has 2 amide bonds. The number of amides is 2. The fourth-order valence-corrected chi connectivity index (χ4v) is 6.23. The van der Waals surface area contributed by atoms with Gasteiger partial charge in [-0.2, -0.15) is 11.8 Å². The highest BCUT2D eigenvalue weighted by molar-refractivity contribution is 7.98. The summed E-state index contributed by atoms with van der Waals surface area (Å²) in [6.45, 7) is 7.03. The maximum Gasteiger partial charge on any atom is 0.254 e. The zero-order valence-corrected chi connectivity index (χ0v) is 23.0. The minimum absolute atomic E-state index is 0.0397. The van der Waals surface area contributed by atoms with E-state index in [-0.39, 0.29) is 17.6 Å². The Labute approximate surface area is 231 Å². The van der Waals surface area contributed by atoms with E-state index in [1.54, 1.807) is 24.3 Å². The number of thioether (sulfide) groups is 1. The second kappa shape index (κ2) is 11.3. The van der Waals surface area contributed by atoms with E-state index < -0.39 is 6.04 Å². The topological polar surface area (TPSA) is 64.7 Å². The van der Waals surface area contributed by atoms with Gasteiger partial charge in [0.15, 0.2) is 0 Å². The van der Waals surface area contributed by atoms with Crippen molar-refractivity contribution in [3.8, 4) is 0 Å². The molecule has 3 aromatic rings. The Hall–Kier alpha value is -3.23. The molecule has 2 heterocycles. The average molecular weight is 553 g/mol. The number of anilines is 3.